The molecule has 0 bridgehead atoms. The molecule has 1 amide bonds. The molecular formula is C16H22N2O5S. The third-order valence-electron chi connectivity index (χ3n) is 4.08. The minimum atomic E-state index is -3.67. The molecule has 0 spiro atoms. The summed E-state index contributed by atoms with van der Waals surface area (Å²) in [6.45, 7) is 0.0610. The van der Waals surface area contributed by atoms with E-state index < -0.39 is 21.9 Å². The van der Waals surface area contributed by atoms with E-state index in [1.807, 2.05) is 0 Å². The summed E-state index contributed by atoms with van der Waals surface area (Å²) in [6, 6.07) is 5.77. The SMILES string of the molecule is CN(CCC(=O)O)C(=O)c1cccc(S(=O)(=O)NC2CCCC2)c1. The smallest absolute Gasteiger partial charge is 0.305 e. The number of sulfonamides is 1. The zero-order valence-electron chi connectivity index (χ0n) is 13.6. The van der Waals surface area contributed by atoms with E-state index in [9.17, 15) is 18.0 Å². The highest BCUT2D eigenvalue weighted by Gasteiger charge is 2.24. The van der Waals surface area contributed by atoms with E-state index >= 15 is 0 Å². The van der Waals surface area contributed by atoms with Crippen LogP contribution in [0, 0.1) is 0 Å². The van der Waals surface area contributed by atoms with E-state index in [2.05, 4.69) is 4.72 Å². The van der Waals surface area contributed by atoms with E-state index in [0.717, 1.165) is 25.7 Å². The average molecular weight is 354 g/mol. The van der Waals surface area contributed by atoms with Crippen molar-refractivity contribution in [3.05, 3.63) is 29.8 Å². The van der Waals surface area contributed by atoms with Gasteiger partial charge in [-0.3, -0.25) is 9.59 Å². The van der Waals surface area contributed by atoms with Crippen LogP contribution in [-0.2, 0) is 14.8 Å². The third-order valence-corrected chi connectivity index (χ3v) is 5.59. The van der Waals surface area contributed by atoms with Crippen molar-refractivity contribution >= 4 is 21.9 Å². The number of rotatable bonds is 7. The molecule has 0 atom stereocenters. The van der Waals surface area contributed by atoms with Crippen LogP contribution < -0.4 is 4.72 Å². The lowest BCUT2D eigenvalue weighted by atomic mass is 10.2. The topological polar surface area (TPSA) is 104 Å². The van der Waals surface area contributed by atoms with Crippen LogP contribution in [0.4, 0.5) is 0 Å². The summed E-state index contributed by atoms with van der Waals surface area (Å²) in [4.78, 5) is 24.2. The summed E-state index contributed by atoms with van der Waals surface area (Å²) < 4.78 is 27.5. The number of carbonyl (C=O) groups is 2. The molecule has 2 rings (SSSR count). The lowest BCUT2D eigenvalue weighted by Gasteiger charge is -2.17. The summed E-state index contributed by atoms with van der Waals surface area (Å²) in [5, 5.41) is 8.68. The first-order valence-electron chi connectivity index (χ1n) is 7.89. The Labute approximate surface area is 141 Å². The highest BCUT2D eigenvalue weighted by Crippen LogP contribution is 2.21. The van der Waals surface area contributed by atoms with Crippen LogP contribution in [-0.4, -0.2) is 49.9 Å². The van der Waals surface area contributed by atoms with Crippen molar-refractivity contribution in [1.29, 1.82) is 0 Å². The molecule has 0 aromatic heterocycles. The molecular weight excluding hydrogens is 332 g/mol. The van der Waals surface area contributed by atoms with Crippen LogP contribution in [0.5, 0.6) is 0 Å². The molecule has 24 heavy (non-hydrogen) atoms. The number of benzene rings is 1. The Kier molecular flexibility index (Phi) is 5.95. The fourth-order valence-electron chi connectivity index (χ4n) is 2.71. The summed E-state index contributed by atoms with van der Waals surface area (Å²) in [5.74, 6) is -1.40. The van der Waals surface area contributed by atoms with Crippen molar-refractivity contribution in [3.63, 3.8) is 0 Å². The predicted molar refractivity (Wildman–Crippen MR) is 88.2 cm³/mol. The Balaban J connectivity index is 2.12. The number of amides is 1. The highest BCUT2D eigenvalue weighted by molar-refractivity contribution is 7.89. The van der Waals surface area contributed by atoms with Gasteiger partial charge in [-0.25, -0.2) is 13.1 Å². The number of aliphatic carboxylic acids is 1. The second-order valence-electron chi connectivity index (χ2n) is 6.00. The van der Waals surface area contributed by atoms with Crippen LogP contribution in [0.2, 0.25) is 0 Å². The summed E-state index contributed by atoms with van der Waals surface area (Å²) in [7, 11) is -2.18. The van der Waals surface area contributed by atoms with Gasteiger partial charge in [-0.2, -0.15) is 0 Å². The maximum Gasteiger partial charge on any atom is 0.305 e. The first-order chi connectivity index (χ1) is 11.3. The van der Waals surface area contributed by atoms with E-state index in [4.69, 9.17) is 5.11 Å². The van der Waals surface area contributed by atoms with Crippen molar-refractivity contribution in [1.82, 2.24) is 9.62 Å². The number of carboxylic acids is 1. The normalized spacial score (nSPS) is 15.4. The van der Waals surface area contributed by atoms with Gasteiger partial charge in [0.15, 0.2) is 0 Å². The lowest BCUT2D eigenvalue weighted by molar-refractivity contribution is -0.137. The highest BCUT2D eigenvalue weighted by atomic mass is 32.2. The molecule has 0 unspecified atom stereocenters. The molecule has 1 aromatic carbocycles. The Bertz CT molecular complexity index is 711. The monoisotopic (exact) mass is 354 g/mol. The second kappa shape index (κ2) is 7.76. The van der Waals surface area contributed by atoms with Crippen molar-refractivity contribution in [2.24, 2.45) is 0 Å². The quantitative estimate of drug-likeness (QED) is 0.771. The standard InChI is InChI=1S/C16H22N2O5S/c1-18(10-9-15(19)20)16(21)12-5-4-8-14(11-12)24(22,23)17-13-6-2-3-7-13/h4-5,8,11,13,17H,2-3,6-7,9-10H2,1H3,(H,19,20). The van der Waals surface area contributed by atoms with E-state index in [0.29, 0.717) is 0 Å². The first-order valence-corrected chi connectivity index (χ1v) is 9.37. The van der Waals surface area contributed by atoms with E-state index in [-0.39, 0.29) is 29.5 Å². The molecule has 1 aliphatic carbocycles. The molecule has 0 radical (unpaired) electrons. The van der Waals surface area contributed by atoms with Crippen molar-refractivity contribution in [3.8, 4) is 0 Å². The third kappa shape index (κ3) is 4.78. The van der Waals surface area contributed by atoms with Crippen molar-refractivity contribution in [2.75, 3.05) is 13.6 Å². The van der Waals surface area contributed by atoms with Gasteiger partial charge in [0.05, 0.1) is 11.3 Å². The predicted octanol–water partition coefficient (Wildman–Crippen LogP) is 1.45. The van der Waals surface area contributed by atoms with Gasteiger partial charge < -0.3 is 10.0 Å². The molecule has 0 saturated heterocycles. The minimum absolute atomic E-state index is 0.0480. The zero-order chi connectivity index (χ0) is 17.7. The molecule has 1 fully saturated rings. The first kappa shape index (κ1) is 18.4. The van der Waals surface area contributed by atoms with Crippen LogP contribution in [0.15, 0.2) is 29.2 Å². The van der Waals surface area contributed by atoms with Gasteiger partial charge in [0.2, 0.25) is 10.0 Å². The molecule has 8 heteroatoms. The summed E-state index contributed by atoms with van der Waals surface area (Å²) in [6.07, 6.45) is 3.52. The van der Waals surface area contributed by atoms with Gasteiger partial charge in [-0.15, -0.1) is 0 Å². The number of hydrogen-bond acceptors (Lipinski definition) is 4. The maximum atomic E-state index is 12.4. The van der Waals surface area contributed by atoms with E-state index in [1.165, 1.54) is 36.2 Å². The van der Waals surface area contributed by atoms with Gasteiger partial charge in [0.1, 0.15) is 0 Å². The number of nitrogens with one attached hydrogen (secondary N) is 1. The Morgan fingerprint density at radius 2 is 1.96 bits per heavy atom. The second-order valence-corrected chi connectivity index (χ2v) is 7.71. The van der Waals surface area contributed by atoms with Crippen molar-refractivity contribution in [2.45, 2.75) is 43.0 Å². The number of nitrogens with zero attached hydrogens (tertiary/aromatic N) is 1. The average Bonchev–Trinajstić information content (AvgIpc) is 3.04. The molecule has 1 aromatic rings. The zero-order valence-corrected chi connectivity index (χ0v) is 14.4. The summed E-state index contributed by atoms with van der Waals surface area (Å²) in [5.41, 5.74) is 0.220. The van der Waals surface area contributed by atoms with Gasteiger partial charge in [0, 0.05) is 25.2 Å². The van der Waals surface area contributed by atoms with Gasteiger partial charge in [0.25, 0.3) is 5.91 Å². The molecule has 132 valence electrons. The summed E-state index contributed by atoms with van der Waals surface area (Å²) >= 11 is 0. The Morgan fingerprint density at radius 3 is 2.58 bits per heavy atom. The molecule has 1 aliphatic rings. The fourth-order valence-corrected chi connectivity index (χ4v) is 4.06. The Morgan fingerprint density at radius 1 is 1.29 bits per heavy atom. The maximum absolute atomic E-state index is 12.4. The van der Waals surface area contributed by atoms with E-state index in [1.54, 1.807) is 0 Å². The lowest BCUT2D eigenvalue weighted by Crippen LogP contribution is -2.33. The van der Waals surface area contributed by atoms with Crippen LogP contribution in [0.25, 0.3) is 0 Å². The molecule has 2 N–H and O–H groups in total. The molecule has 0 aliphatic heterocycles. The fraction of sp³-hybridized carbons (Fsp3) is 0.500. The number of hydrogen-bond donors (Lipinski definition) is 2. The van der Waals surface area contributed by atoms with Crippen LogP contribution >= 0.6 is 0 Å². The van der Waals surface area contributed by atoms with Gasteiger partial charge in [-0.05, 0) is 31.0 Å². The molecule has 7 nitrogen and oxygen atoms in total. The molecule has 1 saturated carbocycles. The number of carbonyl (C=O) groups excluding carboxylic acids is 1. The molecule has 0 heterocycles. The Hall–Kier alpha value is -1.93. The largest absolute Gasteiger partial charge is 0.481 e. The van der Waals surface area contributed by atoms with Crippen LogP contribution in [0.3, 0.4) is 0 Å². The van der Waals surface area contributed by atoms with Gasteiger partial charge >= 0.3 is 5.97 Å². The van der Waals surface area contributed by atoms with Crippen LogP contribution in [0.1, 0.15) is 42.5 Å². The number of carboxylic acid groups (broad SMARTS) is 1. The minimum Gasteiger partial charge on any atom is -0.481 e. The van der Waals surface area contributed by atoms with Crippen molar-refractivity contribution < 1.29 is 23.1 Å². The van der Waals surface area contributed by atoms with Gasteiger partial charge in [-0.1, -0.05) is 18.9 Å².